The number of rotatable bonds is 6. The molecule has 134 valence electrons. The van der Waals surface area contributed by atoms with Crippen LogP contribution in [0.15, 0.2) is 30.3 Å². The molecule has 0 spiro atoms. The van der Waals surface area contributed by atoms with Gasteiger partial charge in [-0.05, 0) is 44.7 Å². The number of nitrogens with one attached hydrogen (secondary N) is 2. The van der Waals surface area contributed by atoms with Gasteiger partial charge in [0, 0.05) is 16.9 Å². The van der Waals surface area contributed by atoms with Gasteiger partial charge in [-0.2, -0.15) is 0 Å². The lowest BCUT2D eigenvalue weighted by Gasteiger charge is -2.27. The Morgan fingerprint density at radius 1 is 1.32 bits per heavy atom. The van der Waals surface area contributed by atoms with Gasteiger partial charge in [0.05, 0.1) is 12.2 Å². The van der Waals surface area contributed by atoms with E-state index in [0.717, 1.165) is 34.2 Å². The monoisotopic (exact) mass is 357 g/mol. The highest BCUT2D eigenvalue weighted by molar-refractivity contribution is 7.15. The summed E-state index contributed by atoms with van der Waals surface area (Å²) in [5.41, 5.74) is 2.14. The molecule has 2 heterocycles. The topological polar surface area (TPSA) is 54.0 Å². The minimum atomic E-state index is 0.153. The van der Waals surface area contributed by atoms with Gasteiger partial charge in [-0.25, -0.2) is 4.98 Å². The van der Waals surface area contributed by atoms with Crippen molar-refractivity contribution in [1.82, 2.24) is 15.6 Å². The first-order valence-corrected chi connectivity index (χ1v) is 9.94. The van der Waals surface area contributed by atoms with Crippen molar-refractivity contribution in [3.8, 4) is 10.6 Å². The number of carbonyl (C=O) groups is 1. The van der Waals surface area contributed by atoms with Gasteiger partial charge >= 0.3 is 0 Å². The summed E-state index contributed by atoms with van der Waals surface area (Å²) in [5, 5.41) is 7.49. The molecule has 2 aromatic rings. The number of aryl methyl sites for hydroxylation is 1. The van der Waals surface area contributed by atoms with Crippen molar-refractivity contribution in [3.05, 3.63) is 40.9 Å². The van der Waals surface area contributed by atoms with E-state index in [0.29, 0.717) is 24.8 Å². The van der Waals surface area contributed by atoms with Crippen molar-refractivity contribution < 1.29 is 4.79 Å². The standard InChI is InChI=1S/C20H27N3OS/c1-14(16-8-10-21-11-9-16)12-19(24)22-13-18-15(2)23-20(25-18)17-6-4-3-5-7-17/h3-7,14,16,21H,8-13H2,1-2H3,(H,22,24). The molecule has 1 aliphatic heterocycles. The zero-order valence-corrected chi connectivity index (χ0v) is 15.9. The number of hydrogen-bond acceptors (Lipinski definition) is 4. The van der Waals surface area contributed by atoms with Crippen LogP contribution in [0.5, 0.6) is 0 Å². The Hall–Kier alpha value is -1.72. The van der Waals surface area contributed by atoms with Gasteiger partial charge in [0.15, 0.2) is 0 Å². The lowest BCUT2D eigenvalue weighted by Crippen LogP contribution is -2.33. The third-order valence-corrected chi connectivity index (χ3v) is 6.26. The van der Waals surface area contributed by atoms with Crippen molar-refractivity contribution >= 4 is 17.2 Å². The highest BCUT2D eigenvalue weighted by atomic mass is 32.1. The number of piperidine rings is 1. The Labute approximate surface area is 154 Å². The summed E-state index contributed by atoms with van der Waals surface area (Å²) < 4.78 is 0. The molecule has 1 unspecified atom stereocenters. The van der Waals surface area contributed by atoms with E-state index in [4.69, 9.17) is 0 Å². The Morgan fingerprint density at radius 2 is 2.04 bits per heavy atom. The van der Waals surface area contributed by atoms with Crippen LogP contribution in [-0.4, -0.2) is 24.0 Å². The molecule has 3 rings (SSSR count). The zero-order chi connectivity index (χ0) is 17.6. The highest BCUT2D eigenvalue weighted by Crippen LogP contribution is 2.28. The second-order valence-electron chi connectivity index (χ2n) is 6.94. The maximum atomic E-state index is 12.3. The van der Waals surface area contributed by atoms with Gasteiger partial charge in [-0.3, -0.25) is 4.79 Å². The number of benzene rings is 1. The molecule has 1 fully saturated rings. The fourth-order valence-corrected chi connectivity index (χ4v) is 4.43. The molecule has 0 radical (unpaired) electrons. The summed E-state index contributed by atoms with van der Waals surface area (Å²) >= 11 is 1.67. The van der Waals surface area contributed by atoms with Crippen LogP contribution in [0.1, 0.15) is 36.8 Å². The van der Waals surface area contributed by atoms with Crippen molar-refractivity contribution in [2.24, 2.45) is 11.8 Å². The molecule has 0 saturated carbocycles. The van der Waals surface area contributed by atoms with Gasteiger partial charge in [-0.15, -0.1) is 11.3 Å². The maximum absolute atomic E-state index is 12.3. The second-order valence-corrected chi connectivity index (χ2v) is 8.02. The molecule has 25 heavy (non-hydrogen) atoms. The molecular formula is C20H27N3OS. The highest BCUT2D eigenvalue weighted by Gasteiger charge is 2.22. The van der Waals surface area contributed by atoms with E-state index in [1.807, 2.05) is 25.1 Å². The van der Waals surface area contributed by atoms with Gasteiger partial charge in [0.2, 0.25) is 5.91 Å². The molecule has 5 heteroatoms. The summed E-state index contributed by atoms with van der Waals surface area (Å²) in [6.07, 6.45) is 2.99. The van der Waals surface area contributed by atoms with Gasteiger partial charge in [0.25, 0.3) is 0 Å². The molecular weight excluding hydrogens is 330 g/mol. The van der Waals surface area contributed by atoms with Crippen LogP contribution in [0.25, 0.3) is 10.6 Å². The summed E-state index contributed by atoms with van der Waals surface area (Å²) in [6.45, 7) is 6.97. The van der Waals surface area contributed by atoms with Gasteiger partial charge < -0.3 is 10.6 Å². The largest absolute Gasteiger partial charge is 0.351 e. The summed E-state index contributed by atoms with van der Waals surface area (Å²) in [6, 6.07) is 10.2. The fraction of sp³-hybridized carbons (Fsp3) is 0.500. The minimum absolute atomic E-state index is 0.153. The number of hydrogen-bond donors (Lipinski definition) is 2. The third-order valence-electron chi connectivity index (χ3n) is 5.06. The van der Waals surface area contributed by atoms with Crippen molar-refractivity contribution in [2.75, 3.05) is 13.1 Å². The molecule has 0 aliphatic carbocycles. The van der Waals surface area contributed by atoms with Crippen molar-refractivity contribution in [3.63, 3.8) is 0 Å². The first-order chi connectivity index (χ1) is 12.1. The van der Waals surface area contributed by atoms with E-state index in [1.54, 1.807) is 11.3 Å². The van der Waals surface area contributed by atoms with Crippen LogP contribution in [-0.2, 0) is 11.3 Å². The number of amides is 1. The average Bonchev–Trinajstić information content (AvgIpc) is 3.02. The van der Waals surface area contributed by atoms with E-state index in [2.05, 4.69) is 34.7 Å². The second kappa shape index (κ2) is 8.59. The molecule has 0 bridgehead atoms. The molecule has 1 atom stereocenters. The smallest absolute Gasteiger partial charge is 0.220 e. The van der Waals surface area contributed by atoms with E-state index < -0.39 is 0 Å². The van der Waals surface area contributed by atoms with Gasteiger partial charge in [-0.1, -0.05) is 37.3 Å². The van der Waals surface area contributed by atoms with Crippen LogP contribution in [0.3, 0.4) is 0 Å². The molecule has 4 nitrogen and oxygen atoms in total. The number of thiazole rings is 1. The Bertz CT molecular complexity index is 692. The third kappa shape index (κ3) is 4.89. The van der Waals surface area contributed by atoms with E-state index in [9.17, 15) is 4.79 Å². The van der Waals surface area contributed by atoms with E-state index in [-0.39, 0.29) is 5.91 Å². The van der Waals surface area contributed by atoms with Crippen LogP contribution in [0.2, 0.25) is 0 Å². The van der Waals surface area contributed by atoms with Crippen LogP contribution in [0, 0.1) is 18.8 Å². The molecule has 1 aromatic heterocycles. The van der Waals surface area contributed by atoms with Crippen LogP contribution in [0.4, 0.5) is 0 Å². The lowest BCUT2D eigenvalue weighted by atomic mass is 9.84. The summed E-state index contributed by atoms with van der Waals surface area (Å²) in [7, 11) is 0. The fourth-order valence-electron chi connectivity index (χ4n) is 3.42. The number of nitrogens with zero attached hydrogens (tertiary/aromatic N) is 1. The van der Waals surface area contributed by atoms with E-state index in [1.165, 1.54) is 12.8 Å². The maximum Gasteiger partial charge on any atom is 0.220 e. The predicted molar refractivity (Wildman–Crippen MR) is 104 cm³/mol. The van der Waals surface area contributed by atoms with E-state index >= 15 is 0 Å². The van der Waals surface area contributed by atoms with Gasteiger partial charge in [0.1, 0.15) is 5.01 Å². The molecule has 2 N–H and O–H groups in total. The minimum Gasteiger partial charge on any atom is -0.351 e. The first kappa shape index (κ1) is 18.1. The number of carbonyl (C=O) groups excluding carboxylic acids is 1. The Balaban J connectivity index is 1.53. The average molecular weight is 358 g/mol. The lowest BCUT2D eigenvalue weighted by molar-refractivity contribution is -0.122. The number of aromatic nitrogens is 1. The molecule has 1 aliphatic rings. The molecule has 1 aromatic carbocycles. The van der Waals surface area contributed by atoms with Crippen molar-refractivity contribution in [1.29, 1.82) is 0 Å². The zero-order valence-electron chi connectivity index (χ0n) is 15.0. The normalized spacial score (nSPS) is 16.6. The summed E-state index contributed by atoms with van der Waals surface area (Å²) in [5.74, 6) is 1.27. The first-order valence-electron chi connectivity index (χ1n) is 9.12. The van der Waals surface area contributed by atoms with Crippen LogP contribution < -0.4 is 10.6 Å². The Kier molecular flexibility index (Phi) is 6.21. The molecule has 1 saturated heterocycles. The SMILES string of the molecule is Cc1nc(-c2ccccc2)sc1CNC(=O)CC(C)C1CCNCC1. The quantitative estimate of drug-likeness (QED) is 0.828. The van der Waals surface area contributed by atoms with Crippen molar-refractivity contribution in [2.45, 2.75) is 39.7 Å². The summed E-state index contributed by atoms with van der Waals surface area (Å²) in [4.78, 5) is 18.1. The van der Waals surface area contributed by atoms with Crippen LogP contribution >= 0.6 is 11.3 Å². The predicted octanol–water partition coefficient (Wildman–Crippen LogP) is 3.76. The molecule has 1 amide bonds. The Morgan fingerprint density at radius 3 is 2.76 bits per heavy atom.